The summed E-state index contributed by atoms with van der Waals surface area (Å²) in [6.45, 7) is 2.87. The molecule has 1 fully saturated rings. The minimum atomic E-state index is -3.07. The normalized spacial score (nSPS) is 22.1. The fourth-order valence-electron chi connectivity index (χ4n) is 2.20. The maximum Gasteiger partial charge on any atom is 0.213 e. The maximum absolute atomic E-state index is 11.9. The van der Waals surface area contributed by atoms with E-state index < -0.39 is 10.0 Å². The molecule has 0 N–H and O–H groups in total. The lowest BCUT2D eigenvalue weighted by Crippen LogP contribution is -2.34. The molecule has 0 bridgehead atoms. The Morgan fingerprint density at radius 1 is 1.37 bits per heavy atom. The van der Waals surface area contributed by atoms with Crippen molar-refractivity contribution < 1.29 is 8.42 Å². The van der Waals surface area contributed by atoms with E-state index in [1.165, 1.54) is 0 Å². The lowest BCUT2D eigenvalue weighted by atomic mass is 10.1. The highest BCUT2D eigenvalue weighted by Gasteiger charge is 2.26. The SMILES string of the molecule is CCS(=O)(=O)N1CCSC(c2ccccc2Cl)CC1. The summed E-state index contributed by atoms with van der Waals surface area (Å²) in [5.74, 6) is 0.990. The zero-order chi connectivity index (χ0) is 13.9. The standard InChI is InChI=1S/C13H18ClNO2S2/c1-2-19(16,17)15-8-7-13(18-10-9-15)11-5-3-4-6-12(11)14/h3-6,13H,2,7-10H2,1H3. The average Bonchev–Trinajstić information content (AvgIpc) is 2.65. The van der Waals surface area contributed by atoms with E-state index in [9.17, 15) is 8.42 Å². The Morgan fingerprint density at radius 2 is 2.11 bits per heavy atom. The van der Waals surface area contributed by atoms with Crippen molar-refractivity contribution in [3.05, 3.63) is 34.9 Å². The Kier molecular flexibility index (Phi) is 5.17. The van der Waals surface area contributed by atoms with Crippen molar-refractivity contribution in [2.24, 2.45) is 0 Å². The second-order valence-corrected chi connectivity index (χ2v) is 8.44. The molecule has 0 spiro atoms. The van der Waals surface area contributed by atoms with Gasteiger partial charge in [0.25, 0.3) is 0 Å². The van der Waals surface area contributed by atoms with Crippen LogP contribution in [0, 0.1) is 0 Å². The van der Waals surface area contributed by atoms with Crippen LogP contribution < -0.4 is 0 Å². The Morgan fingerprint density at radius 3 is 2.79 bits per heavy atom. The molecule has 0 aromatic heterocycles. The van der Waals surface area contributed by atoms with Crippen LogP contribution in [0.15, 0.2) is 24.3 Å². The molecule has 3 nitrogen and oxygen atoms in total. The fraction of sp³-hybridized carbons (Fsp3) is 0.538. The average molecular weight is 320 g/mol. The number of halogens is 1. The highest BCUT2D eigenvalue weighted by Crippen LogP contribution is 2.38. The first-order valence-electron chi connectivity index (χ1n) is 6.38. The second-order valence-electron chi connectivity index (χ2n) is 4.47. The molecule has 2 rings (SSSR count). The Labute approximate surface area is 124 Å². The van der Waals surface area contributed by atoms with Crippen LogP contribution in [-0.4, -0.2) is 37.3 Å². The highest BCUT2D eigenvalue weighted by atomic mass is 35.5. The van der Waals surface area contributed by atoms with Crippen molar-refractivity contribution in [1.82, 2.24) is 4.31 Å². The molecule has 1 saturated heterocycles. The number of hydrogen-bond donors (Lipinski definition) is 0. The van der Waals surface area contributed by atoms with Gasteiger partial charge in [-0.15, -0.1) is 0 Å². The minimum Gasteiger partial charge on any atom is -0.212 e. The minimum absolute atomic E-state index is 0.175. The van der Waals surface area contributed by atoms with Crippen LogP contribution in [0.4, 0.5) is 0 Å². The van der Waals surface area contributed by atoms with E-state index in [0.29, 0.717) is 13.1 Å². The number of hydrogen-bond acceptors (Lipinski definition) is 3. The number of nitrogens with zero attached hydrogens (tertiary/aromatic N) is 1. The van der Waals surface area contributed by atoms with E-state index in [0.717, 1.165) is 22.8 Å². The van der Waals surface area contributed by atoms with Gasteiger partial charge in [-0.25, -0.2) is 12.7 Å². The predicted octanol–water partition coefficient (Wildman–Crippen LogP) is 3.17. The van der Waals surface area contributed by atoms with Gasteiger partial charge in [-0.1, -0.05) is 29.8 Å². The van der Waals surface area contributed by atoms with Crippen molar-refractivity contribution in [3.8, 4) is 0 Å². The molecule has 0 amide bonds. The Bertz CT molecular complexity index is 533. The summed E-state index contributed by atoms with van der Waals surface area (Å²) in [5.41, 5.74) is 1.12. The number of thioether (sulfide) groups is 1. The first kappa shape index (κ1) is 15.2. The van der Waals surface area contributed by atoms with E-state index in [2.05, 4.69) is 0 Å². The van der Waals surface area contributed by atoms with Crippen LogP contribution in [0.1, 0.15) is 24.2 Å². The molecule has 19 heavy (non-hydrogen) atoms. The molecule has 1 aromatic rings. The number of benzene rings is 1. The van der Waals surface area contributed by atoms with Crippen LogP contribution in [-0.2, 0) is 10.0 Å². The summed E-state index contributed by atoms with van der Waals surface area (Å²) in [6.07, 6.45) is 0.813. The fourth-order valence-corrected chi connectivity index (χ4v) is 5.03. The Balaban J connectivity index is 2.11. The molecule has 6 heteroatoms. The summed E-state index contributed by atoms with van der Waals surface area (Å²) in [4.78, 5) is 0. The van der Waals surface area contributed by atoms with E-state index in [1.54, 1.807) is 23.0 Å². The first-order valence-corrected chi connectivity index (χ1v) is 9.42. The van der Waals surface area contributed by atoms with Crippen LogP contribution in [0.25, 0.3) is 0 Å². The molecular weight excluding hydrogens is 302 g/mol. The van der Waals surface area contributed by atoms with Crippen molar-refractivity contribution >= 4 is 33.4 Å². The molecule has 1 aliphatic heterocycles. The molecule has 0 radical (unpaired) electrons. The maximum atomic E-state index is 11.9. The van der Waals surface area contributed by atoms with Crippen molar-refractivity contribution in [3.63, 3.8) is 0 Å². The third-order valence-electron chi connectivity index (χ3n) is 3.31. The van der Waals surface area contributed by atoms with E-state index in [1.807, 2.05) is 24.3 Å². The summed E-state index contributed by atoms with van der Waals surface area (Å²) < 4.78 is 25.4. The molecule has 1 atom stereocenters. The smallest absolute Gasteiger partial charge is 0.212 e. The molecule has 1 aliphatic rings. The molecule has 106 valence electrons. The summed E-state index contributed by atoms with van der Waals surface area (Å²) >= 11 is 8.01. The molecular formula is C13H18ClNO2S2. The van der Waals surface area contributed by atoms with Gasteiger partial charge in [-0.3, -0.25) is 0 Å². The summed E-state index contributed by atoms with van der Waals surface area (Å²) in [7, 11) is -3.07. The van der Waals surface area contributed by atoms with E-state index >= 15 is 0 Å². The van der Waals surface area contributed by atoms with Gasteiger partial charge in [0, 0.05) is 29.1 Å². The van der Waals surface area contributed by atoms with E-state index in [-0.39, 0.29) is 11.0 Å². The largest absolute Gasteiger partial charge is 0.213 e. The molecule has 1 unspecified atom stereocenters. The molecule has 1 heterocycles. The summed E-state index contributed by atoms with van der Waals surface area (Å²) in [6, 6.07) is 7.82. The zero-order valence-electron chi connectivity index (χ0n) is 10.9. The van der Waals surface area contributed by atoms with Gasteiger partial charge in [0.15, 0.2) is 0 Å². The van der Waals surface area contributed by atoms with Crippen LogP contribution in [0.2, 0.25) is 5.02 Å². The van der Waals surface area contributed by atoms with Gasteiger partial charge in [0.2, 0.25) is 10.0 Å². The molecule has 0 saturated carbocycles. The van der Waals surface area contributed by atoms with Gasteiger partial charge in [0.1, 0.15) is 0 Å². The first-order chi connectivity index (χ1) is 9.04. The third-order valence-corrected chi connectivity index (χ3v) is 6.85. The lowest BCUT2D eigenvalue weighted by Gasteiger charge is -2.19. The van der Waals surface area contributed by atoms with Crippen LogP contribution in [0.3, 0.4) is 0 Å². The van der Waals surface area contributed by atoms with Gasteiger partial charge in [-0.05, 0) is 25.0 Å². The van der Waals surface area contributed by atoms with Crippen molar-refractivity contribution in [2.45, 2.75) is 18.6 Å². The van der Waals surface area contributed by atoms with Crippen molar-refractivity contribution in [2.75, 3.05) is 24.6 Å². The third kappa shape index (κ3) is 3.66. The second kappa shape index (κ2) is 6.48. The van der Waals surface area contributed by atoms with Crippen LogP contribution in [0.5, 0.6) is 0 Å². The van der Waals surface area contributed by atoms with Crippen molar-refractivity contribution in [1.29, 1.82) is 0 Å². The van der Waals surface area contributed by atoms with Gasteiger partial charge in [0.05, 0.1) is 5.75 Å². The van der Waals surface area contributed by atoms with Gasteiger partial charge < -0.3 is 0 Å². The van der Waals surface area contributed by atoms with Gasteiger partial charge >= 0.3 is 0 Å². The Hall–Kier alpha value is -0.230. The van der Waals surface area contributed by atoms with Crippen LogP contribution >= 0.6 is 23.4 Å². The summed E-state index contributed by atoms with van der Waals surface area (Å²) in [5, 5.41) is 1.05. The topological polar surface area (TPSA) is 37.4 Å². The molecule has 1 aromatic carbocycles. The number of sulfonamides is 1. The number of rotatable bonds is 3. The van der Waals surface area contributed by atoms with E-state index in [4.69, 9.17) is 11.6 Å². The highest BCUT2D eigenvalue weighted by molar-refractivity contribution is 7.99. The predicted molar refractivity (Wildman–Crippen MR) is 82.3 cm³/mol. The van der Waals surface area contributed by atoms with Gasteiger partial charge in [-0.2, -0.15) is 11.8 Å². The monoisotopic (exact) mass is 319 g/mol. The molecule has 0 aliphatic carbocycles. The quantitative estimate of drug-likeness (QED) is 0.858. The lowest BCUT2D eigenvalue weighted by molar-refractivity contribution is 0.429. The zero-order valence-corrected chi connectivity index (χ0v) is 13.3.